The van der Waals surface area contributed by atoms with Gasteiger partial charge in [-0.05, 0) is 36.4 Å². The number of rotatable bonds is 4. The summed E-state index contributed by atoms with van der Waals surface area (Å²) in [6.45, 7) is 0. The minimum Gasteiger partial charge on any atom is -0.497 e. The van der Waals surface area contributed by atoms with E-state index in [0.29, 0.717) is 17.0 Å². The molecule has 0 fully saturated rings. The average molecular weight is 347 g/mol. The van der Waals surface area contributed by atoms with E-state index < -0.39 is 5.82 Å². The van der Waals surface area contributed by atoms with E-state index in [2.05, 4.69) is 9.98 Å². The van der Waals surface area contributed by atoms with Crippen LogP contribution in [0.1, 0.15) is 5.69 Å². The monoisotopic (exact) mass is 346 g/mol. The summed E-state index contributed by atoms with van der Waals surface area (Å²) in [5.41, 5.74) is 1.22. The number of methoxy groups -OCH3 is 1. The molecule has 122 valence electrons. The van der Waals surface area contributed by atoms with Crippen LogP contribution in [0.5, 0.6) is 11.7 Å². The third-order valence-corrected chi connectivity index (χ3v) is 3.48. The van der Waals surface area contributed by atoms with Gasteiger partial charge in [-0.1, -0.05) is 17.7 Å². The Morgan fingerprint density at radius 2 is 2.12 bits per heavy atom. The van der Waals surface area contributed by atoms with E-state index in [1.165, 1.54) is 24.4 Å². The third-order valence-electron chi connectivity index (χ3n) is 3.19. The van der Waals surface area contributed by atoms with Crippen molar-refractivity contribution in [3.05, 3.63) is 59.0 Å². The number of benzene rings is 2. The Labute approximate surface area is 142 Å². The van der Waals surface area contributed by atoms with Gasteiger partial charge >= 0.3 is 5.95 Å². The fourth-order valence-corrected chi connectivity index (χ4v) is 2.16. The molecule has 7 heteroatoms. The Morgan fingerprint density at radius 1 is 1.29 bits per heavy atom. The Hall–Kier alpha value is -2.86. The number of hydrogen-bond donors (Lipinski definition) is 1. The molecule has 5 nitrogen and oxygen atoms in total. The highest BCUT2D eigenvalue weighted by Gasteiger charge is 2.13. The van der Waals surface area contributed by atoms with Crippen molar-refractivity contribution in [2.75, 3.05) is 7.11 Å². The number of ether oxygens (including phenoxy) is 1. The lowest BCUT2D eigenvalue weighted by Gasteiger charge is -2.00. The van der Waals surface area contributed by atoms with Gasteiger partial charge in [0.25, 0.3) is 0 Å². The number of oxazole rings is 1. The topological polar surface area (TPSA) is 67.9 Å². The molecule has 0 aliphatic heterocycles. The molecule has 0 bridgehead atoms. The lowest BCUT2D eigenvalue weighted by Crippen LogP contribution is -1.85. The molecule has 2 aromatic carbocycles. The molecule has 1 aromatic heterocycles. The molecule has 0 radical (unpaired) electrons. The lowest BCUT2D eigenvalue weighted by molar-refractivity contribution is 0.336. The van der Waals surface area contributed by atoms with E-state index in [0.717, 1.165) is 0 Å². The van der Waals surface area contributed by atoms with Crippen molar-refractivity contribution < 1.29 is 18.7 Å². The number of aromatic nitrogens is 1. The Morgan fingerprint density at radius 3 is 2.88 bits per heavy atom. The summed E-state index contributed by atoms with van der Waals surface area (Å²) in [7, 11) is 1.55. The maximum Gasteiger partial charge on any atom is 0.312 e. The van der Waals surface area contributed by atoms with Crippen LogP contribution in [0.25, 0.3) is 11.5 Å². The number of halogens is 2. The number of aromatic hydroxyl groups is 1. The Bertz CT molecular complexity index is 909. The largest absolute Gasteiger partial charge is 0.497 e. The van der Waals surface area contributed by atoms with Gasteiger partial charge in [0.15, 0.2) is 5.69 Å². The van der Waals surface area contributed by atoms with Gasteiger partial charge in [-0.2, -0.15) is 0 Å². The van der Waals surface area contributed by atoms with Gasteiger partial charge in [-0.25, -0.2) is 9.37 Å². The van der Waals surface area contributed by atoms with Gasteiger partial charge in [0, 0.05) is 5.56 Å². The zero-order chi connectivity index (χ0) is 17.1. The number of aliphatic imine (C=N–C) groups is 1. The first-order valence-corrected chi connectivity index (χ1v) is 7.28. The van der Waals surface area contributed by atoms with E-state index in [-0.39, 0.29) is 22.6 Å². The van der Waals surface area contributed by atoms with E-state index in [1.807, 2.05) is 0 Å². The van der Waals surface area contributed by atoms with E-state index in [1.54, 1.807) is 31.4 Å². The molecule has 3 aromatic rings. The molecule has 0 spiro atoms. The van der Waals surface area contributed by atoms with Crippen LogP contribution in [0.4, 0.5) is 10.1 Å². The van der Waals surface area contributed by atoms with Gasteiger partial charge in [0.1, 0.15) is 11.6 Å². The predicted octanol–water partition coefficient (Wildman–Crippen LogP) is 4.60. The molecular weight excluding hydrogens is 335 g/mol. The Kier molecular flexibility index (Phi) is 4.48. The highest BCUT2D eigenvalue weighted by atomic mass is 35.5. The highest BCUT2D eigenvalue weighted by molar-refractivity contribution is 6.31. The second-order valence-electron chi connectivity index (χ2n) is 4.80. The lowest BCUT2D eigenvalue weighted by atomic mass is 10.2. The van der Waals surface area contributed by atoms with Gasteiger partial charge in [0.2, 0.25) is 5.89 Å². The zero-order valence-electron chi connectivity index (χ0n) is 12.5. The second kappa shape index (κ2) is 6.72. The van der Waals surface area contributed by atoms with Gasteiger partial charge in [-0.3, -0.25) is 4.99 Å². The molecule has 24 heavy (non-hydrogen) atoms. The van der Waals surface area contributed by atoms with Crippen molar-refractivity contribution in [3.63, 3.8) is 0 Å². The van der Waals surface area contributed by atoms with Crippen LogP contribution >= 0.6 is 11.6 Å². The van der Waals surface area contributed by atoms with Crippen LogP contribution in [0.3, 0.4) is 0 Å². The number of nitrogens with zero attached hydrogens (tertiary/aromatic N) is 2. The zero-order valence-corrected chi connectivity index (χ0v) is 13.3. The van der Waals surface area contributed by atoms with E-state index in [9.17, 15) is 9.50 Å². The minimum absolute atomic E-state index is 0.0360. The fraction of sp³-hybridized carbons (Fsp3) is 0.0588. The third kappa shape index (κ3) is 3.38. The van der Waals surface area contributed by atoms with Crippen LogP contribution in [-0.2, 0) is 0 Å². The molecule has 1 heterocycles. The van der Waals surface area contributed by atoms with Crippen LogP contribution in [0, 0.1) is 5.82 Å². The van der Waals surface area contributed by atoms with Crippen LogP contribution in [0.15, 0.2) is 51.9 Å². The standard InChI is InChI=1S/C17H12ClFN2O3/c1-23-12-4-2-3-10(7-12)16-21-15(17(22)24-16)9-20-11-5-6-14(19)13(18)8-11/h2-9,22H,1H3. The first kappa shape index (κ1) is 16.0. The first-order valence-electron chi connectivity index (χ1n) is 6.90. The molecule has 0 amide bonds. The van der Waals surface area contributed by atoms with Crippen molar-refractivity contribution in [1.29, 1.82) is 0 Å². The number of hydrogen-bond acceptors (Lipinski definition) is 5. The average Bonchev–Trinajstić information content (AvgIpc) is 2.97. The molecule has 0 atom stereocenters. The summed E-state index contributed by atoms with van der Waals surface area (Å²) >= 11 is 5.70. The molecule has 0 unspecified atom stereocenters. The molecular formula is C17H12ClFN2O3. The summed E-state index contributed by atoms with van der Waals surface area (Å²) in [5, 5.41) is 9.82. The summed E-state index contributed by atoms with van der Waals surface area (Å²) in [5.74, 6) is -0.0312. The molecule has 0 aliphatic rings. The van der Waals surface area contributed by atoms with Gasteiger partial charge in [-0.15, -0.1) is 0 Å². The molecule has 0 aliphatic carbocycles. The van der Waals surface area contributed by atoms with Crippen molar-refractivity contribution in [3.8, 4) is 23.1 Å². The van der Waals surface area contributed by atoms with Crippen molar-refractivity contribution in [2.45, 2.75) is 0 Å². The van der Waals surface area contributed by atoms with Crippen molar-refractivity contribution in [1.82, 2.24) is 4.98 Å². The summed E-state index contributed by atoms with van der Waals surface area (Å²) in [6.07, 6.45) is 1.31. The SMILES string of the molecule is COc1cccc(-c2nc(C=Nc3ccc(F)c(Cl)c3)c(O)o2)c1. The maximum atomic E-state index is 13.1. The maximum absolute atomic E-state index is 13.1. The van der Waals surface area contributed by atoms with Gasteiger partial charge < -0.3 is 14.3 Å². The normalized spacial score (nSPS) is 11.1. The Balaban J connectivity index is 1.88. The van der Waals surface area contributed by atoms with Crippen LogP contribution < -0.4 is 4.74 Å². The highest BCUT2D eigenvalue weighted by Crippen LogP contribution is 2.28. The molecule has 1 N–H and O–H groups in total. The van der Waals surface area contributed by atoms with Gasteiger partial charge in [0.05, 0.1) is 24.0 Å². The minimum atomic E-state index is -0.528. The van der Waals surface area contributed by atoms with E-state index >= 15 is 0 Å². The van der Waals surface area contributed by atoms with Crippen LogP contribution in [0.2, 0.25) is 5.02 Å². The second-order valence-corrected chi connectivity index (χ2v) is 5.21. The van der Waals surface area contributed by atoms with Crippen molar-refractivity contribution >= 4 is 23.5 Å². The van der Waals surface area contributed by atoms with E-state index in [4.69, 9.17) is 20.8 Å². The molecule has 0 saturated heterocycles. The molecule has 3 rings (SSSR count). The summed E-state index contributed by atoms with van der Waals surface area (Å²) < 4.78 is 23.5. The first-order chi connectivity index (χ1) is 11.6. The summed E-state index contributed by atoms with van der Waals surface area (Å²) in [4.78, 5) is 8.28. The smallest absolute Gasteiger partial charge is 0.312 e. The predicted molar refractivity (Wildman–Crippen MR) is 88.8 cm³/mol. The fourth-order valence-electron chi connectivity index (χ4n) is 1.99. The summed E-state index contributed by atoms with van der Waals surface area (Å²) in [6, 6.07) is 11.1. The van der Waals surface area contributed by atoms with Crippen LogP contribution in [-0.4, -0.2) is 23.4 Å². The molecule has 0 saturated carbocycles. The van der Waals surface area contributed by atoms with Crippen molar-refractivity contribution in [2.24, 2.45) is 4.99 Å². The quantitative estimate of drug-likeness (QED) is 0.701.